The Kier molecular flexibility index (Phi) is 6.48. The summed E-state index contributed by atoms with van der Waals surface area (Å²) in [5.74, 6) is 3.28. The molecule has 2 rings (SSSR count). The third kappa shape index (κ3) is 4.52. The van der Waals surface area contributed by atoms with Gasteiger partial charge in [-0.3, -0.25) is 9.59 Å². The number of urea groups is 1. The van der Waals surface area contributed by atoms with Crippen LogP contribution in [0.15, 0.2) is 16.8 Å². The van der Waals surface area contributed by atoms with Crippen molar-refractivity contribution in [3.05, 3.63) is 11.6 Å². The molecule has 2 atom stereocenters. The minimum Gasteiger partial charge on any atom is -0.443 e. The predicted molar refractivity (Wildman–Crippen MR) is 101 cm³/mol. The zero-order valence-corrected chi connectivity index (χ0v) is 16.2. The molecule has 0 N–H and O–H groups in total. The molecule has 148 valence electrons. The van der Waals surface area contributed by atoms with Crippen molar-refractivity contribution in [1.82, 2.24) is 9.80 Å². The first-order chi connectivity index (χ1) is 13.2. The van der Waals surface area contributed by atoms with Crippen molar-refractivity contribution in [1.29, 1.82) is 0 Å². The molecule has 8 heteroatoms. The number of amides is 3. The Balaban J connectivity index is 1.91. The number of nitrogens with zero attached hydrogens (tertiary/aromatic N) is 3. The summed E-state index contributed by atoms with van der Waals surface area (Å²) in [7, 11) is 0. The molecule has 1 saturated carbocycles. The van der Waals surface area contributed by atoms with E-state index >= 15 is 0 Å². The SMILES string of the molecule is C#CCO/N=C/C(C)=C/[C@@H]1[C@@H](C(=O)OCN2C(=O)CN(CC#C)C2=O)C1(C)C. The van der Waals surface area contributed by atoms with E-state index in [0.717, 1.165) is 10.5 Å². The maximum absolute atomic E-state index is 12.5. The van der Waals surface area contributed by atoms with Gasteiger partial charge < -0.3 is 14.5 Å². The highest BCUT2D eigenvalue weighted by atomic mass is 16.6. The van der Waals surface area contributed by atoms with E-state index in [1.165, 1.54) is 11.1 Å². The lowest BCUT2D eigenvalue weighted by atomic mass is 10.1. The van der Waals surface area contributed by atoms with Gasteiger partial charge in [-0.1, -0.05) is 36.9 Å². The van der Waals surface area contributed by atoms with Crippen LogP contribution in [0.3, 0.4) is 0 Å². The molecular weight excluding hydrogens is 362 g/mol. The molecule has 1 aliphatic heterocycles. The first-order valence-corrected chi connectivity index (χ1v) is 8.70. The molecule has 0 bridgehead atoms. The summed E-state index contributed by atoms with van der Waals surface area (Å²) in [6.45, 7) is 5.31. The van der Waals surface area contributed by atoms with Crippen molar-refractivity contribution in [2.75, 3.05) is 26.4 Å². The fourth-order valence-electron chi connectivity index (χ4n) is 3.13. The Morgan fingerprint density at radius 3 is 2.71 bits per heavy atom. The topological polar surface area (TPSA) is 88.5 Å². The molecule has 0 radical (unpaired) electrons. The quantitative estimate of drug-likeness (QED) is 0.157. The molecule has 1 heterocycles. The summed E-state index contributed by atoms with van der Waals surface area (Å²) < 4.78 is 5.23. The number of carbonyl (C=O) groups excluding carboxylic acids is 3. The molecule has 0 unspecified atom stereocenters. The van der Waals surface area contributed by atoms with Gasteiger partial charge in [0.1, 0.15) is 6.54 Å². The summed E-state index contributed by atoms with van der Waals surface area (Å²) in [6.07, 6.45) is 13.7. The van der Waals surface area contributed by atoms with Gasteiger partial charge in [0, 0.05) is 0 Å². The summed E-state index contributed by atoms with van der Waals surface area (Å²) in [5, 5.41) is 3.73. The monoisotopic (exact) mass is 385 g/mol. The van der Waals surface area contributed by atoms with E-state index < -0.39 is 24.6 Å². The van der Waals surface area contributed by atoms with Crippen molar-refractivity contribution in [2.45, 2.75) is 20.8 Å². The number of terminal acetylenes is 2. The molecule has 8 nitrogen and oxygen atoms in total. The number of imide groups is 1. The highest BCUT2D eigenvalue weighted by Gasteiger charge is 2.61. The van der Waals surface area contributed by atoms with Crippen LogP contribution >= 0.6 is 0 Å². The molecule has 0 aromatic carbocycles. The van der Waals surface area contributed by atoms with Gasteiger partial charge in [0.25, 0.3) is 5.91 Å². The van der Waals surface area contributed by atoms with E-state index in [2.05, 4.69) is 17.0 Å². The van der Waals surface area contributed by atoms with E-state index in [-0.39, 0.29) is 36.9 Å². The third-order valence-corrected chi connectivity index (χ3v) is 4.83. The zero-order chi connectivity index (χ0) is 20.9. The van der Waals surface area contributed by atoms with Gasteiger partial charge in [-0.25, -0.2) is 9.69 Å². The second kappa shape index (κ2) is 8.62. The second-order valence-electron chi connectivity index (χ2n) is 7.20. The first-order valence-electron chi connectivity index (χ1n) is 8.70. The Hall–Kier alpha value is -3.26. The van der Waals surface area contributed by atoms with Crippen molar-refractivity contribution < 1.29 is 24.0 Å². The second-order valence-corrected chi connectivity index (χ2v) is 7.20. The third-order valence-electron chi connectivity index (χ3n) is 4.83. The van der Waals surface area contributed by atoms with Gasteiger partial charge in [-0.15, -0.1) is 12.8 Å². The van der Waals surface area contributed by atoms with Crippen molar-refractivity contribution in [2.24, 2.45) is 22.4 Å². The minimum absolute atomic E-state index is 0.0312. The molecule has 1 saturated heterocycles. The molecule has 0 aromatic heterocycles. The number of esters is 1. The Labute approximate surface area is 164 Å². The summed E-state index contributed by atoms with van der Waals surface area (Å²) in [4.78, 5) is 43.4. The highest BCUT2D eigenvalue weighted by Crippen LogP contribution is 2.59. The van der Waals surface area contributed by atoms with Crippen molar-refractivity contribution in [3.63, 3.8) is 0 Å². The number of ether oxygens (including phenoxy) is 1. The largest absolute Gasteiger partial charge is 0.443 e. The van der Waals surface area contributed by atoms with Crippen LogP contribution in [-0.4, -0.2) is 60.3 Å². The molecule has 0 aromatic rings. The Morgan fingerprint density at radius 1 is 1.36 bits per heavy atom. The zero-order valence-electron chi connectivity index (χ0n) is 16.2. The molecule has 3 amide bonds. The lowest BCUT2D eigenvalue weighted by Gasteiger charge is -2.15. The van der Waals surface area contributed by atoms with Gasteiger partial charge in [0.15, 0.2) is 13.3 Å². The maximum Gasteiger partial charge on any atom is 0.330 e. The van der Waals surface area contributed by atoms with Crippen LogP contribution in [0.2, 0.25) is 0 Å². The van der Waals surface area contributed by atoms with E-state index in [1.54, 1.807) is 0 Å². The smallest absolute Gasteiger partial charge is 0.330 e. The van der Waals surface area contributed by atoms with Gasteiger partial charge in [0.2, 0.25) is 0 Å². The molecule has 2 fully saturated rings. The van der Waals surface area contributed by atoms with E-state index in [9.17, 15) is 14.4 Å². The normalized spacial score (nSPS) is 23.5. The lowest BCUT2D eigenvalue weighted by Crippen LogP contribution is -2.36. The summed E-state index contributed by atoms with van der Waals surface area (Å²) in [6, 6.07) is -0.554. The number of hydrogen-bond acceptors (Lipinski definition) is 6. The average molecular weight is 385 g/mol. The van der Waals surface area contributed by atoms with E-state index in [0.29, 0.717) is 0 Å². The maximum atomic E-state index is 12.5. The number of carbonyl (C=O) groups is 3. The molecule has 2 aliphatic rings. The number of hydrogen-bond donors (Lipinski definition) is 0. The fraction of sp³-hybridized carbons (Fsp3) is 0.500. The van der Waals surface area contributed by atoms with Crippen molar-refractivity contribution in [3.8, 4) is 24.7 Å². The predicted octanol–water partition coefficient (Wildman–Crippen LogP) is 1.24. The van der Waals surface area contributed by atoms with Gasteiger partial charge >= 0.3 is 12.0 Å². The van der Waals surface area contributed by atoms with Crippen LogP contribution in [-0.2, 0) is 19.2 Å². The van der Waals surface area contributed by atoms with E-state index in [1.807, 2.05) is 26.8 Å². The number of allylic oxidation sites excluding steroid dienone is 2. The van der Waals surface area contributed by atoms with Crippen LogP contribution in [0.25, 0.3) is 0 Å². The van der Waals surface area contributed by atoms with Crippen LogP contribution in [0, 0.1) is 41.9 Å². The number of rotatable bonds is 8. The average Bonchev–Trinajstić information content (AvgIpc) is 3.05. The van der Waals surface area contributed by atoms with Crippen LogP contribution in [0.5, 0.6) is 0 Å². The molecule has 1 aliphatic carbocycles. The molecular formula is C20H23N3O5. The van der Waals surface area contributed by atoms with Crippen LogP contribution in [0.1, 0.15) is 20.8 Å². The molecule has 0 spiro atoms. The number of oxime groups is 1. The van der Waals surface area contributed by atoms with Crippen LogP contribution in [0.4, 0.5) is 4.79 Å². The fourth-order valence-corrected chi connectivity index (χ4v) is 3.13. The van der Waals surface area contributed by atoms with Crippen molar-refractivity contribution >= 4 is 24.1 Å². The van der Waals surface area contributed by atoms with E-state index in [4.69, 9.17) is 22.4 Å². The Morgan fingerprint density at radius 2 is 2.07 bits per heavy atom. The van der Waals surface area contributed by atoms with Gasteiger partial charge in [0.05, 0.1) is 18.7 Å². The Bertz CT molecular complexity index is 800. The molecule has 28 heavy (non-hydrogen) atoms. The van der Waals surface area contributed by atoms with Gasteiger partial charge in [-0.2, -0.15) is 0 Å². The standard InChI is InChI=1S/C20H23N3O5/c1-6-8-22-12-16(24)23(19(22)26)13-27-18(25)17-15(20(17,4)5)10-14(3)11-21-28-9-7-2/h1-2,10-11,15,17H,8-9,12-13H2,3-5H3/b14-10+,21-11+/t15-,17+/m1/s1. The summed E-state index contributed by atoms with van der Waals surface area (Å²) in [5.41, 5.74) is 0.514. The highest BCUT2D eigenvalue weighted by molar-refractivity contribution is 6.02. The minimum atomic E-state index is -0.554. The summed E-state index contributed by atoms with van der Waals surface area (Å²) >= 11 is 0. The first kappa shape index (κ1) is 21.0. The van der Waals surface area contributed by atoms with Gasteiger partial charge in [-0.05, 0) is 23.8 Å². The van der Waals surface area contributed by atoms with Crippen LogP contribution < -0.4 is 0 Å². The lowest BCUT2D eigenvalue weighted by molar-refractivity contribution is -0.151.